The standard InChI is InChI=1S/C15H27N5O/c1-4-10-16-13-17-14(19-15(18-13)21-3)20-11-8-6-7-9-12(20)5-2/h12H,4-11H2,1-3H3,(H,16,17,18,19). The van der Waals surface area contributed by atoms with Gasteiger partial charge in [-0.25, -0.2) is 0 Å². The Kier molecular flexibility index (Phi) is 6.02. The first kappa shape index (κ1) is 15.8. The van der Waals surface area contributed by atoms with Gasteiger partial charge in [0.15, 0.2) is 0 Å². The number of nitrogens with zero attached hydrogens (tertiary/aromatic N) is 4. The second-order valence-corrected chi connectivity index (χ2v) is 5.48. The van der Waals surface area contributed by atoms with Gasteiger partial charge in [-0.1, -0.05) is 26.7 Å². The van der Waals surface area contributed by atoms with Gasteiger partial charge in [-0.3, -0.25) is 0 Å². The van der Waals surface area contributed by atoms with Crippen LogP contribution in [0.25, 0.3) is 0 Å². The van der Waals surface area contributed by atoms with Crippen molar-refractivity contribution in [3.05, 3.63) is 0 Å². The van der Waals surface area contributed by atoms with Crippen molar-refractivity contribution < 1.29 is 4.74 Å². The monoisotopic (exact) mass is 293 g/mol. The minimum Gasteiger partial charge on any atom is -0.467 e. The van der Waals surface area contributed by atoms with Crippen LogP contribution in [0.1, 0.15) is 52.4 Å². The number of nitrogens with one attached hydrogen (secondary N) is 1. The first-order chi connectivity index (χ1) is 10.3. The van der Waals surface area contributed by atoms with Gasteiger partial charge in [0, 0.05) is 19.1 Å². The molecule has 1 unspecified atom stereocenters. The molecular formula is C15H27N5O. The Morgan fingerprint density at radius 3 is 2.76 bits per heavy atom. The second kappa shape index (κ2) is 8.00. The van der Waals surface area contributed by atoms with Crippen LogP contribution in [-0.2, 0) is 0 Å². The summed E-state index contributed by atoms with van der Waals surface area (Å²) in [5.41, 5.74) is 0. The predicted octanol–water partition coefficient (Wildman–Crippen LogP) is 2.86. The maximum absolute atomic E-state index is 5.24. The van der Waals surface area contributed by atoms with Crippen LogP contribution < -0.4 is 15.0 Å². The van der Waals surface area contributed by atoms with E-state index in [1.54, 1.807) is 7.11 Å². The molecule has 0 aromatic carbocycles. The third kappa shape index (κ3) is 4.19. The fourth-order valence-corrected chi connectivity index (χ4v) is 2.75. The summed E-state index contributed by atoms with van der Waals surface area (Å²) < 4.78 is 5.24. The molecule has 6 nitrogen and oxygen atoms in total. The molecule has 1 aliphatic heterocycles. The van der Waals surface area contributed by atoms with Gasteiger partial charge in [-0.05, 0) is 25.7 Å². The maximum Gasteiger partial charge on any atom is 0.322 e. The summed E-state index contributed by atoms with van der Waals surface area (Å²) in [6.07, 6.45) is 7.13. The normalized spacial score (nSPS) is 19.2. The molecule has 118 valence electrons. The molecule has 2 rings (SSSR count). The van der Waals surface area contributed by atoms with E-state index >= 15 is 0 Å². The third-order valence-electron chi connectivity index (χ3n) is 3.92. The number of anilines is 2. The quantitative estimate of drug-likeness (QED) is 0.870. The Balaban J connectivity index is 2.26. The number of ether oxygens (including phenoxy) is 1. The molecule has 6 heteroatoms. The second-order valence-electron chi connectivity index (χ2n) is 5.48. The number of hydrogen-bond donors (Lipinski definition) is 1. The van der Waals surface area contributed by atoms with Gasteiger partial charge in [-0.2, -0.15) is 15.0 Å². The molecule has 1 aromatic heterocycles. The van der Waals surface area contributed by atoms with E-state index in [1.807, 2.05) is 0 Å². The summed E-state index contributed by atoms with van der Waals surface area (Å²) >= 11 is 0. The van der Waals surface area contributed by atoms with Gasteiger partial charge >= 0.3 is 6.01 Å². The average Bonchev–Trinajstić information content (AvgIpc) is 2.77. The lowest BCUT2D eigenvalue weighted by atomic mass is 10.1. The van der Waals surface area contributed by atoms with Crippen molar-refractivity contribution in [1.29, 1.82) is 0 Å². The molecule has 2 heterocycles. The lowest BCUT2D eigenvalue weighted by Gasteiger charge is -2.29. The van der Waals surface area contributed by atoms with E-state index in [1.165, 1.54) is 25.7 Å². The smallest absolute Gasteiger partial charge is 0.322 e. The van der Waals surface area contributed by atoms with Crippen LogP contribution in [-0.4, -0.2) is 41.2 Å². The average molecular weight is 293 g/mol. The molecule has 1 atom stereocenters. The number of rotatable bonds is 6. The zero-order valence-electron chi connectivity index (χ0n) is 13.4. The van der Waals surface area contributed by atoms with Crippen LogP contribution >= 0.6 is 0 Å². The Labute approximate surface area is 127 Å². The highest BCUT2D eigenvalue weighted by atomic mass is 16.5. The van der Waals surface area contributed by atoms with Crippen molar-refractivity contribution in [2.75, 3.05) is 30.4 Å². The lowest BCUT2D eigenvalue weighted by molar-refractivity contribution is 0.377. The van der Waals surface area contributed by atoms with E-state index in [0.29, 0.717) is 18.0 Å². The number of hydrogen-bond acceptors (Lipinski definition) is 6. The van der Waals surface area contributed by atoms with Crippen LogP contribution in [0, 0.1) is 0 Å². The third-order valence-corrected chi connectivity index (χ3v) is 3.92. The first-order valence-corrected chi connectivity index (χ1v) is 8.09. The fourth-order valence-electron chi connectivity index (χ4n) is 2.75. The van der Waals surface area contributed by atoms with Crippen molar-refractivity contribution in [1.82, 2.24) is 15.0 Å². The van der Waals surface area contributed by atoms with Crippen LogP contribution in [0.5, 0.6) is 6.01 Å². The van der Waals surface area contributed by atoms with E-state index in [0.717, 1.165) is 31.9 Å². The lowest BCUT2D eigenvalue weighted by Crippen LogP contribution is -2.36. The fraction of sp³-hybridized carbons (Fsp3) is 0.800. The molecule has 0 bridgehead atoms. The SMILES string of the molecule is CCCNc1nc(OC)nc(N2CCCCCC2CC)n1. The molecule has 1 saturated heterocycles. The molecule has 1 aliphatic rings. The summed E-state index contributed by atoms with van der Waals surface area (Å²) in [4.78, 5) is 15.7. The molecule has 0 amide bonds. The molecule has 1 N–H and O–H groups in total. The summed E-state index contributed by atoms with van der Waals surface area (Å²) in [7, 11) is 1.60. The van der Waals surface area contributed by atoms with E-state index in [-0.39, 0.29) is 0 Å². The molecule has 0 radical (unpaired) electrons. The van der Waals surface area contributed by atoms with Crippen molar-refractivity contribution >= 4 is 11.9 Å². The zero-order chi connectivity index (χ0) is 15.1. The molecule has 0 spiro atoms. The minimum absolute atomic E-state index is 0.387. The van der Waals surface area contributed by atoms with Crippen LogP contribution in [0.2, 0.25) is 0 Å². The Morgan fingerprint density at radius 1 is 1.19 bits per heavy atom. The molecule has 0 aliphatic carbocycles. The Hall–Kier alpha value is -1.59. The van der Waals surface area contributed by atoms with Crippen LogP contribution in [0.4, 0.5) is 11.9 Å². The van der Waals surface area contributed by atoms with Crippen molar-refractivity contribution in [2.45, 2.75) is 58.4 Å². The molecule has 0 saturated carbocycles. The van der Waals surface area contributed by atoms with E-state index in [9.17, 15) is 0 Å². The Bertz CT molecular complexity index is 440. The van der Waals surface area contributed by atoms with Crippen LogP contribution in [0.15, 0.2) is 0 Å². The molecule has 1 aromatic rings. The first-order valence-electron chi connectivity index (χ1n) is 8.09. The maximum atomic E-state index is 5.24. The topological polar surface area (TPSA) is 63.2 Å². The largest absolute Gasteiger partial charge is 0.467 e. The van der Waals surface area contributed by atoms with Gasteiger partial charge in [0.05, 0.1) is 7.11 Å². The number of aromatic nitrogens is 3. The predicted molar refractivity (Wildman–Crippen MR) is 85.1 cm³/mol. The summed E-state index contributed by atoms with van der Waals surface area (Å²) in [6.45, 7) is 6.22. The summed E-state index contributed by atoms with van der Waals surface area (Å²) in [5.74, 6) is 1.35. The van der Waals surface area contributed by atoms with Crippen molar-refractivity contribution in [3.63, 3.8) is 0 Å². The van der Waals surface area contributed by atoms with Gasteiger partial charge in [0.25, 0.3) is 0 Å². The highest BCUT2D eigenvalue weighted by Crippen LogP contribution is 2.25. The molecule has 1 fully saturated rings. The molecule has 21 heavy (non-hydrogen) atoms. The Morgan fingerprint density at radius 2 is 2.05 bits per heavy atom. The zero-order valence-corrected chi connectivity index (χ0v) is 13.4. The highest BCUT2D eigenvalue weighted by Gasteiger charge is 2.23. The van der Waals surface area contributed by atoms with Gasteiger partial charge in [0.1, 0.15) is 0 Å². The van der Waals surface area contributed by atoms with Crippen molar-refractivity contribution in [2.24, 2.45) is 0 Å². The van der Waals surface area contributed by atoms with E-state index in [2.05, 4.69) is 39.0 Å². The van der Waals surface area contributed by atoms with Crippen LogP contribution in [0.3, 0.4) is 0 Å². The highest BCUT2D eigenvalue weighted by molar-refractivity contribution is 5.39. The molecular weight excluding hydrogens is 266 g/mol. The summed E-state index contributed by atoms with van der Waals surface area (Å²) in [6, 6.07) is 0.899. The van der Waals surface area contributed by atoms with Gasteiger partial charge < -0.3 is 15.0 Å². The van der Waals surface area contributed by atoms with Gasteiger partial charge in [-0.15, -0.1) is 0 Å². The van der Waals surface area contributed by atoms with E-state index < -0.39 is 0 Å². The van der Waals surface area contributed by atoms with Crippen molar-refractivity contribution in [3.8, 4) is 6.01 Å². The van der Waals surface area contributed by atoms with E-state index in [4.69, 9.17) is 4.74 Å². The summed E-state index contributed by atoms with van der Waals surface area (Å²) in [5, 5.41) is 3.23. The van der Waals surface area contributed by atoms with Gasteiger partial charge in [0.2, 0.25) is 11.9 Å². The minimum atomic E-state index is 0.387. The number of methoxy groups -OCH3 is 1.